The Morgan fingerprint density at radius 2 is 1.71 bits per heavy atom. The number of urea groups is 1. The molecule has 2 N–H and O–H groups in total. The number of anilines is 1. The maximum Gasteiger partial charge on any atom is 0.353 e. The van der Waals surface area contributed by atoms with Crippen molar-refractivity contribution in [3.05, 3.63) is 65.7 Å². The maximum absolute atomic E-state index is 12.4. The van der Waals surface area contributed by atoms with Gasteiger partial charge in [-0.15, -0.1) is 0 Å². The molecule has 0 aromatic heterocycles. The molecule has 1 aliphatic rings. The minimum Gasteiger partial charge on any atom is -0.465 e. The third-order valence-electron chi connectivity index (χ3n) is 3.74. The highest BCUT2D eigenvalue weighted by Gasteiger charge is 2.30. The predicted molar refractivity (Wildman–Crippen MR) is 88.9 cm³/mol. The molecule has 0 bridgehead atoms. The van der Waals surface area contributed by atoms with Crippen LogP contribution in [0.1, 0.15) is 22.1 Å². The molecule has 1 atom stereocenters. The zero-order valence-corrected chi connectivity index (χ0v) is 13.4. The van der Waals surface area contributed by atoms with Gasteiger partial charge in [-0.2, -0.15) is 0 Å². The van der Waals surface area contributed by atoms with E-state index in [1.165, 1.54) is 17.1 Å². The van der Waals surface area contributed by atoms with Crippen molar-refractivity contribution < 1.29 is 14.3 Å². The van der Waals surface area contributed by atoms with Gasteiger partial charge in [0.25, 0.3) is 0 Å². The van der Waals surface area contributed by atoms with Gasteiger partial charge in [0, 0.05) is 7.05 Å². The summed E-state index contributed by atoms with van der Waals surface area (Å²) in [7, 11) is 3.01. The Labute approximate surface area is 139 Å². The Hall–Kier alpha value is -2.90. The van der Waals surface area contributed by atoms with Crippen LogP contribution in [-0.4, -0.2) is 31.2 Å². The van der Waals surface area contributed by atoms with E-state index in [1.807, 2.05) is 42.5 Å². The molecule has 2 aromatic rings. The van der Waals surface area contributed by atoms with E-state index >= 15 is 0 Å². The molecule has 1 fully saturated rings. The fourth-order valence-electron chi connectivity index (χ4n) is 2.45. The monoisotopic (exact) mass is 326 g/mol. The lowest BCUT2D eigenvalue weighted by molar-refractivity contribution is 0.0600. The summed E-state index contributed by atoms with van der Waals surface area (Å²) in [4.78, 5) is 23.9. The summed E-state index contributed by atoms with van der Waals surface area (Å²) < 4.78 is 4.70. The average Bonchev–Trinajstić information content (AvgIpc) is 2.64. The number of hydrazine groups is 2. The molecule has 1 saturated heterocycles. The molecule has 1 aliphatic heterocycles. The number of nitrogens with zero attached hydrogens (tertiary/aromatic N) is 2. The molecular weight excluding hydrogens is 308 g/mol. The summed E-state index contributed by atoms with van der Waals surface area (Å²) in [6, 6.07) is 16.1. The van der Waals surface area contributed by atoms with E-state index in [2.05, 4.69) is 10.9 Å². The lowest BCUT2D eigenvalue weighted by Crippen LogP contribution is -2.64. The zero-order valence-electron chi connectivity index (χ0n) is 13.4. The number of carbonyl (C=O) groups excluding carboxylic acids is 2. The molecule has 7 nitrogen and oxygen atoms in total. The second-order valence-electron chi connectivity index (χ2n) is 5.32. The van der Waals surface area contributed by atoms with Gasteiger partial charge in [-0.05, 0) is 29.8 Å². The summed E-state index contributed by atoms with van der Waals surface area (Å²) in [6.45, 7) is 0. The number of para-hydroxylation sites is 1. The quantitative estimate of drug-likeness (QED) is 0.845. The highest BCUT2D eigenvalue weighted by molar-refractivity contribution is 5.91. The standard InChI is InChI=1S/C17H18N4O3/c1-20-17(23)21(14-6-4-3-5-7-14)19-15(18-20)12-8-10-13(11-9-12)16(22)24-2/h3-11,15,18-19H,1-2H3. The topological polar surface area (TPSA) is 73.9 Å². The minimum atomic E-state index is -0.385. The average molecular weight is 326 g/mol. The first-order valence-corrected chi connectivity index (χ1v) is 7.43. The van der Waals surface area contributed by atoms with E-state index in [-0.39, 0.29) is 18.2 Å². The van der Waals surface area contributed by atoms with Crippen molar-refractivity contribution in [2.45, 2.75) is 6.17 Å². The molecule has 0 radical (unpaired) electrons. The second-order valence-corrected chi connectivity index (χ2v) is 5.32. The van der Waals surface area contributed by atoms with Crippen LogP contribution in [-0.2, 0) is 4.74 Å². The highest BCUT2D eigenvalue weighted by Crippen LogP contribution is 2.21. The van der Waals surface area contributed by atoms with Crippen LogP contribution in [0.2, 0.25) is 0 Å². The molecule has 3 rings (SSSR count). The van der Waals surface area contributed by atoms with Gasteiger partial charge in [-0.3, -0.25) is 5.01 Å². The number of carbonyl (C=O) groups is 2. The number of ether oxygens (including phenoxy) is 1. The number of esters is 1. The van der Waals surface area contributed by atoms with Gasteiger partial charge < -0.3 is 4.74 Å². The zero-order chi connectivity index (χ0) is 17.1. The SMILES string of the molecule is COC(=O)c1ccc(C2NN(C)C(=O)N(c3ccccc3)N2)cc1. The van der Waals surface area contributed by atoms with Gasteiger partial charge >= 0.3 is 12.0 Å². The molecule has 24 heavy (non-hydrogen) atoms. The molecule has 7 heteroatoms. The molecule has 0 spiro atoms. The van der Waals surface area contributed by atoms with Gasteiger partial charge in [0.15, 0.2) is 0 Å². The van der Waals surface area contributed by atoms with E-state index in [9.17, 15) is 9.59 Å². The van der Waals surface area contributed by atoms with Gasteiger partial charge in [0.05, 0.1) is 18.4 Å². The van der Waals surface area contributed by atoms with E-state index in [4.69, 9.17) is 4.74 Å². The normalized spacial score (nSPS) is 17.8. The van der Waals surface area contributed by atoms with Crippen LogP contribution in [0.5, 0.6) is 0 Å². The Morgan fingerprint density at radius 1 is 1.04 bits per heavy atom. The van der Waals surface area contributed by atoms with Gasteiger partial charge in [0.2, 0.25) is 0 Å². The first-order chi connectivity index (χ1) is 11.6. The molecule has 2 aromatic carbocycles. The first-order valence-electron chi connectivity index (χ1n) is 7.43. The van der Waals surface area contributed by atoms with Crippen LogP contribution < -0.4 is 15.9 Å². The smallest absolute Gasteiger partial charge is 0.353 e. The maximum atomic E-state index is 12.4. The Bertz CT molecular complexity index is 733. The number of rotatable bonds is 3. The lowest BCUT2D eigenvalue weighted by Gasteiger charge is -2.39. The van der Waals surface area contributed by atoms with Crippen LogP contribution >= 0.6 is 0 Å². The summed E-state index contributed by atoms with van der Waals surface area (Å²) in [5.74, 6) is -0.385. The van der Waals surface area contributed by atoms with Crippen molar-refractivity contribution >= 4 is 17.7 Å². The van der Waals surface area contributed by atoms with Crippen molar-refractivity contribution in [1.29, 1.82) is 0 Å². The molecule has 0 aliphatic carbocycles. The van der Waals surface area contributed by atoms with Crippen LogP contribution in [0.15, 0.2) is 54.6 Å². The van der Waals surface area contributed by atoms with Crippen LogP contribution in [0.25, 0.3) is 0 Å². The minimum absolute atomic E-state index is 0.219. The highest BCUT2D eigenvalue weighted by atomic mass is 16.5. The number of benzene rings is 2. The van der Waals surface area contributed by atoms with E-state index in [0.717, 1.165) is 11.3 Å². The first kappa shape index (κ1) is 16.0. The molecule has 1 heterocycles. The summed E-state index contributed by atoms with van der Waals surface area (Å²) in [5, 5.41) is 2.90. The van der Waals surface area contributed by atoms with Gasteiger partial charge in [-0.1, -0.05) is 30.3 Å². The summed E-state index contributed by atoms with van der Waals surface area (Å²) >= 11 is 0. The molecule has 2 amide bonds. The van der Waals surface area contributed by atoms with E-state index in [0.29, 0.717) is 5.56 Å². The van der Waals surface area contributed by atoms with Crippen molar-refractivity contribution in [3.8, 4) is 0 Å². The molecule has 1 unspecified atom stereocenters. The summed E-state index contributed by atoms with van der Waals surface area (Å²) in [6.07, 6.45) is -0.320. The van der Waals surface area contributed by atoms with E-state index in [1.54, 1.807) is 19.2 Å². The van der Waals surface area contributed by atoms with Crippen LogP contribution in [0, 0.1) is 0 Å². The third-order valence-corrected chi connectivity index (χ3v) is 3.74. The van der Waals surface area contributed by atoms with Gasteiger partial charge in [-0.25, -0.2) is 25.4 Å². The number of methoxy groups -OCH3 is 1. The molecular formula is C17H18N4O3. The Morgan fingerprint density at radius 3 is 2.33 bits per heavy atom. The largest absolute Gasteiger partial charge is 0.465 e. The second kappa shape index (κ2) is 6.69. The van der Waals surface area contributed by atoms with Crippen molar-refractivity contribution in [3.63, 3.8) is 0 Å². The van der Waals surface area contributed by atoms with Crippen LogP contribution in [0.3, 0.4) is 0 Å². The molecule has 124 valence electrons. The lowest BCUT2D eigenvalue weighted by atomic mass is 10.1. The number of nitrogens with one attached hydrogen (secondary N) is 2. The van der Waals surface area contributed by atoms with Crippen molar-refractivity contribution in [2.24, 2.45) is 0 Å². The fourth-order valence-corrected chi connectivity index (χ4v) is 2.45. The van der Waals surface area contributed by atoms with E-state index < -0.39 is 0 Å². The third kappa shape index (κ3) is 3.08. The fraction of sp³-hybridized carbons (Fsp3) is 0.176. The number of amides is 2. The summed E-state index contributed by atoms with van der Waals surface area (Å²) in [5.41, 5.74) is 8.30. The van der Waals surface area contributed by atoms with Gasteiger partial charge in [0.1, 0.15) is 6.17 Å². The van der Waals surface area contributed by atoms with Crippen LogP contribution in [0.4, 0.5) is 10.5 Å². The number of hydrogen-bond donors (Lipinski definition) is 2. The Kier molecular flexibility index (Phi) is 4.45. The van der Waals surface area contributed by atoms with Crippen molar-refractivity contribution in [1.82, 2.24) is 15.9 Å². The Balaban J connectivity index is 1.83. The predicted octanol–water partition coefficient (Wildman–Crippen LogP) is 2.05. The number of hydrogen-bond acceptors (Lipinski definition) is 5. The van der Waals surface area contributed by atoms with Crippen molar-refractivity contribution in [2.75, 3.05) is 19.2 Å². The molecule has 0 saturated carbocycles.